The van der Waals surface area contributed by atoms with Crippen LogP contribution in [0.5, 0.6) is 0 Å². The summed E-state index contributed by atoms with van der Waals surface area (Å²) in [6, 6.07) is 1.25. The second-order valence-electron chi connectivity index (χ2n) is 5.72. The molecule has 0 aromatic carbocycles. The van der Waals surface area contributed by atoms with Crippen molar-refractivity contribution in [1.82, 2.24) is 19.4 Å². The first-order valence-corrected chi connectivity index (χ1v) is 7.52. The normalized spacial score (nSPS) is 13.0. The number of ether oxygens (including phenoxy) is 1. The summed E-state index contributed by atoms with van der Waals surface area (Å²) in [5, 5.41) is 2.35. The summed E-state index contributed by atoms with van der Waals surface area (Å²) < 4.78 is 44.7. The van der Waals surface area contributed by atoms with E-state index < -0.39 is 41.2 Å². The molecule has 11 heteroatoms. The van der Waals surface area contributed by atoms with Crippen molar-refractivity contribution in [2.75, 3.05) is 13.7 Å². The minimum atomic E-state index is -4.71. The van der Waals surface area contributed by atoms with Gasteiger partial charge in [-0.05, 0) is 19.1 Å². The number of pyridine rings is 1. The number of nitrogens with zero attached hydrogens (tertiary/aromatic N) is 3. The fourth-order valence-electron chi connectivity index (χ4n) is 2.43. The van der Waals surface area contributed by atoms with Gasteiger partial charge in [0.2, 0.25) is 5.91 Å². The van der Waals surface area contributed by atoms with E-state index in [-0.39, 0.29) is 18.0 Å². The third kappa shape index (κ3) is 3.93. The predicted molar refractivity (Wildman–Crippen MR) is 85.7 cm³/mol. The molecule has 0 aliphatic heterocycles. The van der Waals surface area contributed by atoms with Crippen LogP contribution in [0.1, 0.15) is 12.6 Å². The van der Waals surface area contributed by atoms with Gasteiger partial charge in [0.05, 0.1) is 12.0 Å². The topological polar surface area (TPSA) is 95.2 Å². The summed E-state index contributed by atoms with van der Waals surface area (Å²) in [4.78, 5) is 40.1. The van der Waals surface area contributed by atoms with Gasteiger partial charge in [-0.2, -0.15) is 13.2 Å². The molecule has 1 amide bonds. The molecule has 142 valence electrons. The molecular weight excluding hydrogens is 357 g/mol. The van der Waals surface area contributed by atoms with Crippen molar-refractivity contribution < 1.29 is 22.7 Å². The standard InChI is InChI=1S/C15H17F3N4O4/c1-8(7-26-3)19-11(23)6-22-13(24)9-4-5-10(15(16,17)18)20-12(9)21(2)14(22)25/h4-5,8H,6-7H2,1-3H3,(H,19,23). The van der Waals surface area contributed by atoms with Crippen molar-refractivity contribution in [3.8, 4) is 0 Å². The van der Waals surface area contributed by atoms with Crippen LogP contribution in [0, 0.1) is 0 Å². The molecule has 26 heavy (non-hydrogen) atoms. The Morgan fingerprint density at radius 2 is 2.00 bits per heavy atom. The van der Waals surface area contributed by atoms with Crippen LogP contribution in [0.3, 0.4) is 0 Å². The van der Waals surface area contributed by atoms with Crippen molar-refractivity contribution >= 4 is 16.9 Å². The zero-order chi connectivity index (χ0) is 19.6. The monoisotopic (exact) mass is 374 g/mol. The van der Waals surface area contributed by atoms with Crippen LogP contribution < -0.4 is 16.6 Å². The molecule has 0 aliphatic carbocycles. The van der Waals surface area contributed by atoms with E-state index in [1.807, 2.05) is 0 Å². The van der Waals surface area contributed by atoms with Gasteiger partial charge in [0.1, 0.15) is 17.9 Å². The highest BCUT2D eigenvalue weighted by Crippen LogP contribution is 2.28. The van der Waals surface area contributed by atoms with Crippen molar-refractivity contribution in [3.63, 3.8) is 0 Å². The Kier molecular flexibility index (Phi) is 5.50. The van der Waals surface area contributed by atoms with E-state index in [0.29, 0.717) is 10.6 Å². The highest BCUT2D eigenvalue weighted by Gasteiger charge is 2.33. The SMILES string of the molecule is COCC(C)NC(=O)Cn1c(=O)c2ccc(C(F)(F)F)nc2n(C)c1=O. The fraction of sp³-hybridized carbons (Fsp3) is 0.467. The van der Waals surface area contributed by atoms with Crippen LogP contribution in [0.15, 0.2) is 21.7 Å². The van der Waals surface area contributed by atoms with Crippen LogP contribution in [0.25, 0.3) is 11.0 Å². The molecule has 0 radical (unpaired) electrons. The molecule has 2 heterocycles. The number of aromatic nitrogens is 3. The lowest BCUT2D eigenvalue weighted by Crippen LogP contribution is -2.45. The highest BCUT2D eigenvalue weighted by atomic mass is 19.4. The molecular formula is C15H17F3N4O4. The quantitative estimate of drug-likeness (QED) is 0.810. The van der Waals surface area contributed by atoms with Crippen LogP contribution in [0.4, 0.5) is 13.2 Å². The average molecular weight is 374 g/mol. The number of hydrogen-bond donors (Lipinski definition) is 1. The van der Waals surface area contributed by atoms with Crippen molar-refractivity contribution in [2.24, 2.45) is 7.05 Å². The van der Waals surface area contributed by atoms with Gasteiger partial charge in [0, 0.05) is 20.2 Å². The van der Waals surface area contributed by atoms with Crippen LogP contribution in [-0.2, 0) is 29.3 Å². The fourth-order valence-corrected chi connectivity index (χ4v) is 2.43. The molecule has 2 aromatic rings. The maximum atomic E-state index is 12.8. The summed E-state index contributed by atoms with van der Waals surface area (Å²) in [5.41, 5.74) is -3.45. The molecule has 8 nitrogen and oxygen atoms in total. The second-order valence-corrected chi connectivity index (χ2v) is 5.72. The average Bonchev–Trinajstić information content (AvgIpc) is 2.55. The molecule has 1 unspecified atom stereocenters. The van der Waals surface area contributed by atoms with Crippen molar-refractivity contribution in [3.05, 3.63) is 38.7 Å². The third-order valence-electron chi connectivity index (χ3n) is 3.60. The summed E-state index contributed by atoms with van der Waals surface area (Å²) in [6.07, 6.45) is -4.71. The number of methoxy groups -OCH3 is 1. The van der Waals surface area contributed by atoms with Gasteiger partial charge in [0.25, 0.3) is 5.56 Å². The molecule has 1 N–H and O–H groups in total. The number of hydrogen-bond acceptors (Lipinski definition) is 5. The lowest BCUT2D eigenvalue weighted by Gasteiger charge is -2.14. The van der Waals surface area contributed by atoms with E-state index in [1.165, 1.54) is 14.2 Å². The van der Waals surface area contributed by atoms with Gasteiger partial charge in [-0.15, -0.1) is 0 Å². The Bertz CT molecular complexity index is 949. The Morgan fingerprint density at radius 1 is 1.35 bits per heavy atom. The van der Waals surface area contributed by atoms with Crippen molar-refractivity contribution in [2.45, 2.75) is 25.7 Å². The van der Waals surface area contributed by atoms with E-state index >= 15 is 0 Å². The number of halogens is 3. The predicted octanol–water partition coefficient (Wildman–Crippen LogP) is 0.265. The van der Waals surface area contributed by atoms with E-state index in [0.717, 1.165) is 10.6 Å². The molecule has 0 spiro atoms. The number of nitrogens with one attached hydrogen (secondary N) is 1. The maximum Gasteiger partial charge on any atom is 0.433 e. The minimum Gasteiger partial charge on any atom is -0.383 e. The van der Waals surface area contributed by atoms with E-state index in [2.05, 4.69) is 10.3 Å². The largest absolute Gasteiger partial charge is 0.433 e. The van der Waals surface area contributed by atoms with Crippen LogP contribution in [0.2, 0.25) is 0 Å². The number of amides is 1. The summed E-state index contributed by atoms with van der Waals surface area (Å²) in [6.45, 7) is 1.34. The molecule has 0 aliphatic rings. The summed E-state index contributed by atoms with van der Waals surface area (Å²) in [7, 11) is 2.63. The van der Waals surface area contributed by atoms with Crippen LogP contribution >= 0.6 is 0 Å². The first-order chi connectivity index (χ1) is 12.1. The minimum absolute atomic E-state index is 0.196. The number of aryl methyl sites for hydroxylation is 1. The van der Waals surface area contributed by atoms with E-state index in [9.17, 15) is 27.6 Å². The molecule has 0 saturated heterocycles. The van der Waals surface area contributed by atoms with Gasteiger partial charge in [-0.25, -0.2) is 9.78 Å². The first-order valence-electron chi connectivity index (χ1n) is 7.52. The number of carbonyl (C=O) groups is 1. The Balaban J connectivity index is 2.48. The highest BCUT2D eigenvalue weighted by molar-refractivity contribution is 5.77. The van der Waals surface area contributed by atoms with E-state index in [1.54, 1.807) is 6.92 Å². The Hall–Kier alpha value is -2.69. The molecule has 2 rings (SSSR count). The number of fused-ring (bicyclic) bond motifs is 1. The van der Waals surface area contributed by atoms with Crippen LogP contribution in [-0.4, -0.2) is 39.8 Å². The zero-order valence-corrected chi connectivity index (χ0v) is 14.3. The molecule has 0 saturated carbocycles. The second kappa shape index (κ2) is 7.28. The van der Waals surface area contributed by atoms with Gasteiger partial charge in [-0.3, -0.25) is 18.7 Å². The third-order valence-corrected chi connectivity index (χ3v) is 3.60. The first kappa shape index (κ1) is 19.6. The zero-order valence-electron chi connectivity index (χ0n) is 14.3. The molecule has 0 bridgehead atoms. The number of carbonyl (C=O) groups excluding carboxylic acids is 1. The van der Waals surface area contributed by atoms with E-state index in [4.69, 9.17) is 4.74 Å². The number of alkyl halides is 3. The maximum absolute atomic E-state index is 12.8. The molecule has 0 fully saturated rings. The lowest BCUT2D eigenvalue weighted by atomic mass is 10.2. The van der Waals surface area contributed by atoms with Gasteiger partial charge in [0.15, 0.2) is 0 Å². The van der Waals surface area contributed by atoms with Crippen molar-refractivity contribution in [1.29, 1.82) is 0 Å². The Labute approximate surface area is 145 Å². The summed E-state index contributed by atoms with van der Waals surface area (Å²) >= 11 is 0. The number of rotatable bonds is 5. The molecule has 2 aromatic heterocycles. The summed E-state index contributed by atoms with van der Waals surface area (Å²) in [5.74, 6) is -0.604. The Morgan fingerprint density at radius 3 is 2.58 bits per heavy atom. The smallest absolute Gasteiger partial charge is 0.383 e. The lowest BCUT2D eigenvalue weighted by molar-refractivity contribution is -0.141. The van der Waals surface area contributed by atoms with Gasteiger partial charge in [-0.1, -0.05) is 0 Å². The molecule has 1 atom stereocenters. The van der Waals surface area contributed by atoms with Gasteiger partial charge < -0.3 is 10.1 Å². The van der Waals surface area contributed by atoms with Gasteiger partial charge >= 0.3 is 11.9 Å².